The number of aromatic nitrogens is 2. The average Bonchev–Trinajstić information content (AvgIpc) is 2.92. The lowest BCUT2D eigenvalue weighted by Crippen LogP contribution is -2.24. The highest BCUT2D eigenvalue weighted by atomic mass is 16.4. The number of hydrogen-bond donors (Lipinski definition) is 2. The fourth-order valence-electron chi connectivity index (χ4n) is 1.85. The van der Waals surface area contributed by atoms with E-state index in [9.17, 15) is 9.59 Å². The number of amides is 1. The van der Waals surface area contributed by atoms with Crippen LogP contribution in [0.5, 0.6) is 0 Å². The number of carboxylic acid groups (broad SMARTS) is 1. The third-order valence-electron chi connectivity index (χ3n) is 3.38. The quantitative estimate of drug-likeness (QED) is 0.904. The van der Waals surface area contributed by atoms with Crippen LogP contribution in [-0.4, -0.2) is 26.8 Å². The van der Waals surface area contributed by atoms with Crippen molar-refractivity contribution in [2.24, 2.45) is 0 Å². The molecule has 110 valence electrons. The Kier molecular flexibility index (Phi) is 4.07. The summed E-state index contributed by atoms with van der Waals surface area (Å²) in [6.45, 7) is 5.64. The highest BCUT2D eigenvalue weighted by Crippen LogP contribution is 2.16. The predicted octanol–water partition coefficient (Wildman–Crippen LogP) is 2.40. The standard InChI is InChI=1S/C15H17N3O3/c1-9-4-5-12(8-10(9)2)16-14(19)11(3)18-7-6-13(17-18)15(20)21/h4-8,11H,1-3H3,(H,16,19)(H,20,21). The van der Waals surface area contributed by atoms with E-state index in [1.165, 1.54) is 16.9 Å². The van der Waals surface area contributed by atoms with Gasteiger partial charge in [-0.15, -0.1) is 0 Å². The fourth-order valence-corrected chi connectivity index (χ4v) is 1.85. The summed E-state index contributed by atoms with van der Waals surface area (Å²) in [5, 5.41) is 15.5. The SMILES string of the molecule is Cc1ccc(NC(=O)C(C)n2ccc(C(=O)O)n2)cc1C. The number of anilines is 1. The lowest BCUT2D eigenvalue weighted by Gasteiger charge is -2.13. The highest BCUT2D eigenvalue weighted by molar-refractivity contribution is 5.93. The van der Waals surface area contributed by atoms with Gasteiger partial charge in [-0.3, -0.25) is 9.48 Å². The fraction of sp³-hybridized carbons (Fsp3) is 0.267. The first-order valence-electron chi connectivity index (χ1n) is 6.55. The van der Waals surface area contributed by atoms with Crippen molar-refractivity contribution in [2.45, 2.75) is 26.8 Å². The molecule has 0 bridgehead atoms. The second kappa shape index (κ2) is 5.78. The van der Waals surface area contributed by atoms with Crippen LogP contribution in [0, 0.1) is 13.8 Å². The lowest BCUT2D eigenvalue weighted by atomic mass is 10.1. The van der Waals surface area contributed by atoms with Crippen molar-refractivity contribution in [2.75, 3.05) is 5.32 Å². The van der Waals surface area contributed by atoms with Crippen molar-refractivity contribution in [3.63, 3.8) is 0 Å². The Bertz CT molecular complexity index is 691. The Balaban J connectivity index is 2.11. The van der Waals surface area contributed by atoms with Crippen LogP contribution in [0.3, 0.4) is 0 Å². The van der Waals surface area contributed by atoms with Crippen LogP contribution in [0.4, 0.5) is 5.69 Å². The largest absolute Gasteiger partial charge is 0.476 e. The Morgan fingerprint density at radius 1 is 1.24 bits per heavy atom. The minimum absolute atomic E-state index is 0.0826. The van der Waals surface area contributed by atoms with Crippen molar-refractivity contribution < 1.29 is 14.7 Å². The van der Waals surface area contributed by atoms with Crippen LogP contribution in [0.2, 0.25) is 0 Å². The third kappa shape index (κ3) is 3.28. The number of aryl methyl sites for hydroxylation is 2. The minimum atomic E-state index is -1.12. The molecule has 1 amide bonds. The molecule has 0 fully saturated rings. The summed E-state index contributed by atoms with van der Waals surface area (Å²) < 4.78 is 1.33. The third-order valence-corrected chi connectivity index (χ3v) is 3.38. The molecule has 6 nitrogen and oxygen atoms in total. The molecule has 0 radical (unpaired) electrons. The van der Waals surface area contributed by atoms with Gasteiger partial charge in [0.1, 0.15) is 6.04 Å². The molecular weight excluding hydrogens is 270 g/mol. The van der Waals surface area contributed by atoms with E-state index < -0.39 is 12.0 Å². The minimum Gasteiger partial charge on any atom is -0.476 e. The Morgan fingerprint density at radius 3 is 2.52 bits per heavy atom. The maximum absolute atomic E-state index is 12.2. The molecular formula is C15H17N3O3. The van der Waals surface area contributed by atoms with Crippen LogP contribution in [0.1, 0.15) is 34.6 Å². The molecule has 2 aromatic rings. The van der Waals surface area contributed by atoms with Gasteiger partial charge >= 0.3 is 5.97 Å². The molecule has 0 spiro atoms. The van der Waals surface area contributed by atoms with Crippen molar-refractivity contribution in [1.82, 2.24) is 9.78 Å². The van der Waals surface area contributed by atoms with Crippen molar-refractivity contribution in [3.8, 4) is 0 Å². The topological polar surface area (TPSA) is 84.2 Å². The van der Waals surface area contributed by atoms with Crippen molar-refractivity contribution in [1.29, 1.82) is 0 Å². The lowest BCUT2D eigenvalue weighted by molar-refractivity contribution is -0.119. The zero-order valence-corrected chi connectivity index (χ0v) is 12.1. The normalized spacial score (nSPS) is 12.0. The summed E-state index contributed by atoms with van der Waals surface area (Å²) in [5.74, 6) is -1.37. The second-order valence-electron chi connectivity index (χ2n) is 4.95. The highest BCUT2D eigenvalue weighted by Gasteiger charge is 2.17. The zero-order chi connectivity index (χ0) is 15.6. The maximum atomic E-state index is 12.2. The van der Waals surface area contributed by atoms with E-state index in [4.69, 9.17) is 5.11 Å². The van der Waals surface area contributed by atoms with E-state index >= 15 is 0 Å². The number of rotatable bonds is 4. The summed E-state index contributed by atoms with van der Waals surface area (Å²) in [6.07, 6.45) is 1.48. The van der Waals surface area contributed by atoms with Crippen LogP contribution < -0.4 is 5.32 Å². The summed E-state index contributed by atoms with van der Waals surface area (Å²) in [5.41, 5.74) is 2.87. The van der Waals surface area contributed by atoms with Gasteiger partial charge < -0.3 is 10.4 Å². The number of aromatic carboxylic acids is 1. The summed E-state index contributed by atoms with van der Waals surface area (Å²) >= 11 is 0. The number of carbonyl (C=O) groups excluding carboxylic acids is 1. The molecule has 21 heavy (non-hydrogen) atoms. The molecule has 0 aliphatic carbocycles. The molecule has 1 aromatic carbocycles. The molecule has 0 aliphatic rings. The van der Waals surface area contributed by atoms with E-state index in [0.29, 0.717) is 5.69 Å². The van der Waals surface area contributed by atoms with Gasteiger partial charge in [-0.05, 0) is 50.1 Å². The molecule has 1 aromatic heterocycles. The number of benzene rings is 1. The first-order chi connectivity index (χ1) is 9.88. The number of nitrogens with zero attached hydrogens (tertiary/aromatic N) is 2. The van der Waals surface area contributed by atoms with Gasteiger partial charge in [0.05, 0.1) is 0 Å². The molecule has 2 N–H and O–H groups in total. The van der Waals surface area contributed by atoms with Crippen molar-refractivity contribution in [3.05, 3.63) is 47.3 Å². The molecule has 6 heteroatoms. The summed E-state index contributed by atoms with van der Waals surface area (Å²) in [7, 11) is 0. The first-order valence-corrected chi connectivity index (χ1v) is 6.55. The Labute approximate surface area is 122 Å². The second-order valence-corrected chi connectivity index (χ2v) is 4.95. The maximum Gasteiger partial charge on any atom is 0.356 e. The van der Waals surface area contributed by atoms with Gasteiger partial charge in [0.15, 0.2) is 5.69 Å². The van der Waals surface area contributed by atoms with E-state index in [1.54, 1.807) is 6.92 Å². The molecule has 1 unspecified atom stereocenters. The summed E-state index contributed by atoms with van der Waals surface area (Å²) in [4.78, 5) is 23.0. The van der Waals surface area contributed by atoms with E-state index in [2.05, 4.69) is 10.4 Å². The van der Waals surface area contributed by atoms with Gasteiger partial charge in [0.25, 0.3) is 0 Å². The molecule has 0 saturated heterocycles. The van der Waals surface area contributed by atoms with Gasteiger partial charge in [0.2, 0.25) is 5.91 Å². The number of carbonyl (C=O) groups is 2. The number of hydrogen-bond acceptors (Lipinski definition) is 3. The van der Waals surface area contributed by atoms with Crippen LogP contribution in [0.15, 0.2) is 30.5 Å². The van der Waals surface area contributed by atoms with Gasteiger partial charge in [-0.25, -0.2) is 4.79 Å². The van der Waals surface area contributed by atoms with E-state index in [1.807, 2.05) is 32.0 Å². The molecule has 2 rings (SSSR count). The van der Waals surface area contributed by atoms with Gasteiger partial charge in [-0.1, -0.05) is 6.07 Å². The van der Waals surface area contributed by atoms with Crippen LogP contribution in [0.25, 0.3) is 0 Å². The first kappa shape index (κ1) is 14.8. The number of nitrogens with one attached hydrogen (secondary N) is 1. The molecule has 1 heterocycles. The molecule has 0 saturated carbocycles. The van der Waals surface area contributed by atoms with Crippen LogP contribution >= 0.6 is 0 Å². The summed E-state index contributed by atoms with van der Waals surface area (Å²) in [6, 6.07) is 6.43. The number of carboxylic acids is 1. The Hall–Kier alpha value is -2.63. The molecule has 0 aliphatic heterocycles. The van der Waals surface area contributed by atoms with Gasteiger partial charge in [0, 0.05) is 11.9 Å². The monoisotopic (exact) mass is 287 g/mol. The van der Waals surface area contributed by atoms with Gasteiger partial charge in [-0.2, -0.15) is 5.10 Å². The predicted molar refractivity (Wildman–Crippen MR) is 78.4 cm³/mol. The Morgan fingerprint density at radius 2 is 1.95 bits per heavy atom. The van der Waals surface area contributed by atoms with E-state index in [-0.39, 0.29) is 11.6 Å². The average molecular weight is 287 g/mol. The van der Waals surface area contributed by atoms with E-state index in [0.717, 1.165) is 11.1 Å². The smallest absolute Gasteiger partial charge is 0.356 e. The molecule has 1 atom stereocenters. The zero-order valence-electron chi connectivity index (χ0n) is 12.1. The van der Waals surface area contributed by atoms with Crippen LogP contribution in [-0.2, 0) is 4.79 Å². The van der Waals surface area contributed by atoms with Crippen molar-refractivity contribution >= 4 is 17.6 Å².